The van der Waals surface area contributed by atoms with Gasteiger partial charge in [-0.3, -0.25) is 0 Å². The number of rotatable bonds is 3. The number of benzene rings is 2. The standard InChI is InChI=1S/C17H13FN6O/c18-10-6-7-13(14(25)8-10)21-17-22-15(19)12-9-20-24(16(12)23-17)11-4-2-1-3-5-11/h1-9,25H,(H3,19,21,22,23). The normalized spacial score (nSPS) is 10.9. The molecule has 0 spiro atoms. The molecule has 7 nitrogen and oxygen atoms in total. The molecular formula is C17H13FN6O. The first-order valence-electron chi connectivity index (χ1n) is 7.44. The average molecular weight is 336 g/mol. The van der Waals surface area contributed by atoms with Crippen molar-refractivity contribution in [2.24, 2.45) is 0 Å². The highest BCUT2D eigenvalue weighted by Gasteiger charge is 2.13. The zero-order valence-electron chi connectivity index (χ0n) is 12.9. The maximum atomic E-state index is 13.1. The predicted molar refractivity (Wildman–Crippen MR) is 92.4 cm³/mol. The summed E-state index contributed by atoms with van der Waals surface area (Å²) in [6.45, 7) is 0. The van der Waals surface area contributed by atoms with Crippen LogP contribution in [0.25, 0.3) is 16.7 Å². The summed E-state index contributed by atoms with van der Waals surface area (Å²) in [5.74, 6) is -0.374. The van der Waals surface area contributed by atoms with E-state index in [4.69, 9.17) is 5.73 Å². The molecule has 2 aromatic heterocycles. The Hall–Kier alpha value is -3.68. The van der Waals surface area contributed by atoms with E-state index in [0.29, 0.717) is 11.0 Å². The lowest BCUT2D eigenvalue weighted by atomic mass is 10.3. The molecule has 25 heavy (non-hydrogen) atoms. The van der Waals surface area contributed by atoms with Gasteiger partial charge in [0, 0.05) is 6.07 Å². The first-order valence-corrected chi connectivity index (χ1v) is 7.44. The molecule has 4 rings (SSSR count). The van der Waals surface area contributed by atoms with E-state index >= 15 is 0 Å². The molecule has 0 atom stereocenters. The van der Waals surface area contributed by atoms with Crippen LogP contribution < -0.4 is 11.1 Å². The molecule has 0 bridgehead atoms. The number of nitrogen functional groups attached to an aromatic ring is 1. The van der Waals surface area contributed by atoms with Crippen molar-refractivity contribution in [3.8, 4) is 11.4 Å². The number of aromatic hydroxyl groups is 1. The third-order valence-electron chi connectivity index (χ3n) is 3.66. The van der Waals surface area contributed by atoms with Crippen LogP contribution >= 0.6 is 0 Å². The van der Waals surface area contributed by atoms with Crippen LogP contribution in [0.2, 0.25) is 0 Å². The maximum Gasteiger partial charge on any atom is 0.231 e. The summed E-state index contributed by atoms with van der Waals surface area (Å²) in [4.78, 5) is 8.59. The van der Waals surface area contributed by atoms with Gasteiger partial charge in [-0.1, -0.05) is 18.2 Å². The number of halogens is 1. The number of nitrogens with zero attached hydrogens (tertiary/aromatic N) is 4. The van der Waals surface area contributed by atoms with Crippen LogP contribution in [0.5, 0.6) is 5.75 Å². The lowest BCUT2D eigenvalue weighted by molar-refractivity contribution is 0.471. The SMILES string of the molecule is Nc1nc(Nc2ccc(F)cc2O)nc2c1cnn2-c1ccccc1. The number of phenols is 1. The Bertz CT molecular complexity index is 1060. The second-order valence-corrected chi connectivity index (χ2v) is 5.35. The predicted octanol–water partition coefficient (Wildman–Crippen LogP) is 2.99. The molecule has 0 unspecified atom stereocenters. The fourth-order valence-corrected chi connectivity index (χ4v) is 2.47. The quantitative estimate of drug-likeness (QED) is 0.497. The van der Waals surface area contributed by atoms with Crippen LogP contribution in [0.1, 0.15) is 0 Å². The molecule has 0 fully saturated rings. The monoisotopic (exact) mass is 336 g/mol. The minimum absolute atomic E-state index is 0.171. The summed E-state index contributed by atoms with van der Waals surface area (Å²) in [7, 11) is 0. The molecule has 124 valence electrons. The van der Waals surface area contributed by atoms with Crippen molar-refractivity contribution in [3.05, 3.63) is 60.5 Å². The Morgan fingerprint density at radius 1 is 1.08 bits per heavy atom. The van der Waals surface area contributed by atoms with Gasteiger partial charge in [-0.25, -0.2) is 9.07 Å². The summed E-state index contributed by atoms with van der Waals surface area (Å²) in [5, 5.41) is 17.6. The van der Waals surface area contributed by atoms with Crippen molar-refractivity contribution in [3.63, 3.8) is 0 Å². The molecule has 0 amide bonds. The molecule has 0 saturated carbocycles. The van der Waals surface area contributed by atoms with Gasteiger partial charge in [-0.15, -0.1) is 0 Å². The maximum absolute atomic E-state index is 13.1. The number of aromatic nitrogens is 4. The van der Waals surface area contributed by atoms with Crippen LogP contribution in [-0.2, 0) is 0 Å². The number of phenolic OH excluding ortho intramolecular Hbond substituents is 1. The van der Waals surface area contributed by atoms with Gasteiger partial charge < -0.3 is 16.2 Å². The van der Waals surface area contributed by atoms with Gasteiger partial charge in [0.2, 0.25) is 5.95 Å². The second kappa shape index (κ2) is 5.75. The van der Waals surface area contributed by atoms with Crippen LogP contribution in [0.4, 0.5) is 21.8 Å². The fraction of sp³-hybridized carbons (Fsp3) is 0. The van der Waals surface area contributed by atoms with E-state index in [9.17, 15) is 9.50 Å². The molecule has 8 heteroatoms. The zero-order valence-corrected chi connectivity index (χ0v) is 12.9. The number of para-hydroxylation sites is 1. The highest BCUT2D eigenvalue weighted by atomic mass is 19.1. The molecule has 0 aliphatic rings. The minimum atomic E-state index is -0.541. The molecule has 2 heterocycles. The number of hydrogen-bond donors (Lipinski definition) is 3. The van der Waals surface area contributed by atoms with Gasteiger partial charge in [0.1, 0.15) is 17.4 Å². The van der Waals surface area contributed by atoms with Crippen molar-refractivity contribution in [2.45, 2.75) is 0 Å². The fourth-order valence-electron chi connectivity index (χ4n) is 2.47. The molecule has 4 N–H and O–H groups in total. The van der Waals surface area contributed by atoms with Gasteiger partial charge in [-0.05, 0) is 24.3 Å². The summed E-state index contributed by atoms with van der Waals surface area (Å²) in [6.07, 6.45) is 1.59. The second-order valence-electron chi connectivity index (χ2n) is 5.35. The van der Waals surface area contributed by atoms with E-state index in [0.717, 1.165) is 11.8 Å². The lowest BCUT2D eigenvalue weighted by Gasteiger charge is -2.09. The number of hydrogen-bond acceptors (Lipinski definition) is 6. The van der Waals surface area contributed by atoms with E-state index in [1.165, 1.54) is 12.1 Å². The summed E-state index contributed by atoms with van der Waals surface area (Å²) >= 11 is 0. The van der Waals surface area contributed by atoms with Gasteiger partial charge in [0.05, 0.1) is 23.0 Å². The number of nitrogens with one attached hydrogen (secondary N) is 1. The highest BCUT2D eigenvalue weighted by Crippen LogP contribution is 2.28. The summed E-state index contributed by atoms with van der Waals surface area (Å²) in [6, 6.07) is 13.1. The molecular weight excluding hydrogens is 323 g/mol. The average Bonchev–Trinajstić information content (AvgIpc) is 3.03. The van der Waals surface area contributed by atoms with Crippen molar-refractivity contribution in [2.75, 3.05) is 11.1 Å². The Morgan fingerprint density at radius 2 is 1.88 bits per heavy atom. The Morgan fingerprint density at radius 3 is 2.64 bits per heavy atom. The van der Waals surface area contributed by atoms with Crippen LogP contribution in [0.3, 0.4) is 0 Å². The first kappa shape index (κ1) is 14.9. The largest absolute Gasteiger partial charge is 0.506 e. The topological polar surface area (TPSA) is 102 Å². The molecule has 0 saturated heterocycles. The Labute approximate surface area is 141 Å². The molecule has 0 radical (unpaired) electrons. The van der Waals surface area contributed by atoms with Crippen molar-refractivity contribution in [1.29, 1.82) is 0 Å². The van der Waals surface area contributed by atoms with Crippen molar-refractivity contribution >= 4 is 28.5 Å². The Balaban J connectivity index is 1.80. The van der Waals surface area contributed by atoms with E-state index < -0.39 is 5.82 Å². The van der Waals surface area contributed by atoms with Crippen molar-refractivity contribution < 1.29 is 9.50 Å². The van der Waals surface area contributed by atoms with E-state index in [1.807, 2.05) is 30.3 Å². The molecule has 2 aromatic carbocycles. The molecule has 0 aliphatic carbocycles. The third-order valence-corrected chi connectivity index (χ3v) is 3.66. The number of anilines is 3. The zero-order chi connectivity index (χ0) is 17.4. The van der Waals surface area contributed by atoms with Crippen LogP contribution in [0, 0.1) is 5.82 Å². The third kappa shape index (κ3) is 2.69. The first-order chi connectivity index (χ1) is 12.1. The lowest BCUT2D eigenvalue weighted by Crippen LogP contribution is -2.04. The van der Waals surface area contributed by atoms with Crippen LogP contribution in [-0.4, -0.2) is 24.9 Å². The van der Waals surface area contributed by atoms with E-state index in [-0.39, 0.29) is 23.2 Å². The van der Waals surface area contributed by atoms with Gasteiger partial charge in [-0.2, -0.15) is 15.1 Å². The van der Waals surface area contributed by atoms with Gasteiger partial charge >= 0.3 is 0 Å². The van der Waals surface area contributed by atoms with Crippen LogP contribution in [0.15, 0.2) is 54.7 Å². The van der Waals surface area contributed by atoms with E-state index in [1.54, 1.807) is 10.9 Å². The molecule has 0 aliphatic heterocycles. The van der Waals surface area contributed by atoms with E-state index in [2.05, 4.69) is 20.4 Å². The van der Waals surface area contributed by atoms with Gasteiger partial charge in [0.15, 0.2) is 5.65 Å². The Kier molecular flexibility index (Phi) is 3.42. The number of nitrogens with two attached hydrogens (primary N) is 1. The minimum Gasteiger partial charge on any atom is -0.506 e. The smallest absolute Gasteiger partial charge is 0.231 e. The summed E-state index contributed by atoms with van der Waals surface area (Å²) < 4.78 is 14.7. The molecule has 4 aromatic rings. The van der Waals surface area contributed by atoms with Crippen molar-refractivity contribution in [1.82, 2.24) is 19.7 Å². The highest BCUT2D eigenvalue weighted by molar-refractivity contribution is 5.87. The summed E-state index contributed by atoms with van der Waals surface area (Å²) in [5.41, 5.74) is 7.61. The number of fused-ring (bicyclic) bond motifs is 1. The van der Waals surface area contributed by atoms with Gasteiger partial charge in [0.25, 0.3) is 0 Å².